The van der Waals surface area contributed by atoms with E-state index in [9.17, 15) is 22.4 Å². The van der Waals surface area contributed by atoms with Crippen LogP contribution in [0.5, 0.6) is 0 Å². The molecule has 1 N–H and O–H groups in total. The molecular weight excluding hydrogens is 511 g/mol. The van der Waals surface area contributed by atoms with Crippen LogP contribution in [0.15, 0.2) is 72.1 Å². The van der Waals surface area contributed by atoms with Crippen molar-refractivity contribution in [2.24, 2.45) is 11.8 Å². The van der Waals surface area contributed by atoms with Gasteiger partial charge in [-0.2, -0.15) is 18.3 Å². The van der Waals surface area contributed by atoms with Gasteiger partial charge in [0.2, 0.25) is 0 Å². The number of hydrogen-bond acceptors (Lipinski definition) is 3. The first kappa shape index (κ1) is 25.1. The molecule has 0 radical (unpaired) electrons. The van der Waals surface area contributed by atoms with Crippen molar-refractivity contribution in [1.82, 2.24) is 9.78 Å². The van der Waals surface area contributed by atoms with Crippen LogP contribution in [-0.4, -0.2) is 27.0 Å². The van der Waals surface area contributed by atoms with Crippen LogP contribution in [0.2, 0.25) is 10.0 Å². The highest BCUT2D eigenvalue weighted by atomic mass is 35.5. The molecule has 11 heteroatoms. The predicted molar refractivity (Wildman–Crippen MR) is 122 cm³/mol. The van der Waals surface area contributed by atoms with Crippen molar-refractivity contribution >= 4 is 29.2 Å². The maximum atomic E-state index is 14.1. The van der Waals surface area contributed by atoms with Crippen LogP contribution in [0.1, 0.15) is 17.8 Å². The molecule has 0 spiro atoms. The number of nitrogens with zero attached hydrogens (tertiary/aromatic N) is 2. The highest BCUT2D eigenvalue weighted by molar-refractivity contribution is 6.37. The molecule has 4 rings (SSSR count). The van der Waals surface area contributed by atoms with Gasteiger partial charge in [-0.25, -0.2) is 9.07 Å². The molecule has 0 amide bonds. The molecule has 2 aliphatic rings. The number of carboxylic acids is 1. The quantitative estimate of drug-likeness (QED) is 0.423. The van der Waals surface area contributed by atoms with Crippen molar-refractivity contribution in [2.75, 3.05) is 0 Å². The van der Waals surface area contributed by atoms with E-state index in [1.807, 2.05) is 0 Å². The van der Waals surface area contributed by atoms with Gasteiger partial charge in [0.25, 0.3) is 0 Å². The molecule has 0 saturated carbocycles. The summed E-state index contributed by atoms with van der Waals surface area (Å²) < 4.78 is 60.9. The van der Waals surface area contributed by atoms with Crippen LogP contribution in [0.4, 0.5) is 17.6 Å². The highest BCUT2D eigenvalue weighted by Crippen LogP contribution is 2.35. The Labute approximate surface area is 207 Å². The van der Waals surface area contributed by atoms with Crippen LogP contribution >= 0.6 is 23.2 Å². The van der Waals surface area contributed by atoms with E-state index in [-0.39, 0.29) is 34.0 Å². The first-order valence-electron chi connectivity index (χ1n) is 10.4. The smallest absolute Gasteiger partial charge is 0.435 e. The minimum atomic E-state index is -4.68. The van der Waals surface area contributed by atoms with Gasteiger partial charge in [-0.1, -0.05) is 47.5 Å². The number of para-hydroxylation sites is 1. The third-order valence-corrected chi connectivity index (χ3v) is 6.19. The van der Waals surface area contributed by atoms with Gasteiger partial charge in [0, 0.05) is 5.92 Å². The number of carboxylic acid groups (broad SMARTS) is 1. The molecule has 35 heavy (non-hydrogen) atoms. The molecule has 3 atom stereocenters. The second-order valence-electron chi connectivity index (χ2n) is 7.93. The molecule has 3 unspecified atom stereocenters. The normalized spacial score (nSPS) is 22.1. The van der Waals surface area contributed by atoms with Crippen LogP contribution in [0, 0.1) is 11.8 Å². The van der Waals surface area contributed by atoms with Gasteiger partial charge in [-0.3, -0.25) is 4.79 Å². The summed E-state index contributed by atoms with van der Waals surface area (Å²) >= 11 is 12.3. The van der Waals surface area contributed by atoms with E-state index in [2.05, 4.69) is 5.10 Å². The fraction of sp³-hybridized carbons (Fsp3) is 0.250. The van der Waals surface area contributed by atoms with Crippen molar-refractivity contribution < 1.29 is 32.2 Å². The molecule has 1 aromatic heterocycles. The Hall–Kier alpha value is -3.04. The summed E-state index contributed by atoms with van der Waals surface area (Å²) in [5.74, 6) is -2.21. The van der Waals surface area contributed by atoms with Crippen LogP contribution < -0.4 is 0 Å². The van der Waals surface area contributed by atoms with E-state index in [1.54, 1.807) is 30.4 Å². The number of allylic oxidation sites excluding steroid dienone is 6. The average Bonchev–Trinajstić information content (AvgIpc) is 3.22. The predicted octanol–water partition coefficient (Wildman–Crippen LogP) is 6.71. The van der Waals surface area contributed by atoms with Crippen molar-refractivity contribution in [1.29, 1.82) is 0 Å². The molecular formula is C24H18Cl2F4N2O3. The maximum absolute atomic E-state index is 14.1. The number of rotatable bonds is 6. The number of aromatic nitrogens is 2. The Bertz CT molecular complexity index is 1240. The molecule has 2 aromatic rings. The topological polar surface area (TPSA) is 64.3 Å². The number of benzene rings is 1. The van der Waals surface area contributed by atoms with Gasteiger partial charge in [0.05, 0.1) is 15.7 Å². The summed E-state index contributed by atoms with van der Waals surface area (Å²) in [7, 11) is 0. The molecule has 0 fully saturated rings. The summed E-state index contributed by atoms with van der Waals surface area (Å²) in [5, 5.41) is 12.9. The number of hydrogen-bond donors (Lipinski definition) is 1. The lowest BCUT2D eigenvalue weighted by Gasteiger charge is -2.23. The van der Waals surface area contributed by atoms with Crippen molar-refractivity contribution in [3.8, 4) is 5.69 Å². The fourth-order valence-corrected chi connectivity index (χ4v) is 4.35. The summed E-state index contributed by atoms with van der Waals surface area (Å²) in [6, 6.07) is 5.41. The number of aliphatic carboxylic acids is 1. The fourth-order valence-electron chi connectivity index (χ4n) is 3.79. The van der Waals surface area contributed by atoms with E-state index >= 15 is 0 Å². The minimum absolute atomic E-state index is 0.0849. The monoisotopic (exact) mass is 528 g/mol. The Morgan fingerprint density at radius 2 is 1.91 bits per heavy atom. The molecule has 2 aliphatic carbocycles. The zero-order valence-corrected chi connectivity index (χ0v) is 19.4. The number of halogens is 6. The third-order valence-electron chi connectivity index (χ3n) is 5.58. The van der Waals surface area contributed by atoms with Crippen molar-refractivity contribution in [3.63, 3.8) is 0 Å². The second-order valence-corrected chi connectivity index (χ2v) is 8.75. The maximum Gasteiger partial charge on any atom is 0.435 e. The number of carbonyl (C=O) groups is 1. The van der Waals surface area contributed by atoms with E-state index < -0.39 is 29.9 Å². The Balaban J connectivity index is 1.49. The van der Waals surface area contributed by atoms with E-state index in [0.29, 0.717) is 17.8 Å². The lowest BCUT2D eigenvalue weighted by molar-refractivity contribution is -0.142. The number of ether oxygens (including phenoxy) is 1. The molecule has 184 valence electrons. The van der Waals surface area contributed by atoms with Crippen LogP contribution in [-0.2, 0) is 22.3 Å². The van der Waals surface area contributed by atoms with Gasteiger partial charge in [0.1, 0.15) is 30.1 Å². The third kappa shape index (κ3) is 5.46. The average molecular weight is 529 g/mol. The van der Waals surface area contributed by atoms with E-state index in [1.165, 1.54) is 24.3 Å². The van der Waals surface area contributed by atoms with E-state index in [4.69, 9.17) is 33.0 Å². The summed E-state index contributed by atoms with van der Waals surface area (Å²) in [6.07, 6.45) is 3.47. The Morgan fingerprint density at radius 1 is 1.20 bits per heavy atom. The minimum Gasteiger partial charge on any atom is -0.488 e. The molecule has 0 saturated heterocycles. The van der Waals surface area contributed by atoms with Crippen LogP contribution in [0.3, 0.4) is 0 Å². The van der Waals surface area contributed by atoms with Gasteiger partial charge in [-0.15, -0.1) is 0 Å². The molecule has 0 bridgehead atoms. The molecule has 5 nitrogen and oxygen atoms in total. The van der Waals surface area contributed by atoms with Crippen molar-refractivity contribution in [3.05, 3.63) is 93.5 Å². The van der Waals surface area contributed by atoms with Crippen LogP contribution in [0.25, 0.3) is 5.69 Å². The zero-order valence-electron chi connectivity index (χ0n) is 17.8. The lowest BCUT2D eigenvalue weighted by Crippen LogP contribution is -2.24. The Kier molecular flexibility index (Phi) is 7.10. The molecule has 1 heterocycles. The first-order chi connectivity index (χ1) is 16.5. The first-order valence-corrected chi connectivity index (χ1v) is 11.2. The van der Waals surface area contributed by atoms with Gasteiger partial charge in [0.15, 0.2) is 5.69 Å². The highest BCUT2D eigenvalue weighted by Gasteiger charge is 2.35. The van der Waals surface area contributed by atoms with Crippen molar-refractivity contribution in [2.45, 2.75) is 25.4 Å². The van der Waals surface area contributed by atoms with E-state index in [0.717, 1.165) is 10.7 Å². The van der Waals surface area contributed by atoms with Gasteiger partial charge < -0.3 is 9.84 Å². The summed E-state index contributed by atoms with van der Waals surface area (Å²) in [4.78, 5) is 11.0. The molecule has 0 aliphatic heterocycles. The summed E-state index contributed by atoms with van der Waals surface area (Å²) in [6.45, 7) is -0.249. The standard InChI is InChI=1S/C24H18Cl2F4N2O3/c25-18-2-1-3-19(26)22(18)32-15(11-21(31-32)24(28,29)30)12-35-16-7-4-13(5-8-16)14-6-9-17(23(33)34)20(27)10-14/h1-4,6-11,13,17,20H,5,12H2,(H,33,34). The Morgan fingerprint density at radius 3 is 2.49 bits per heavy atom. The van der Waals surface area contributed by atoms with Gasteiger partial charge in [-0.05, 0) is 48.4 Å². The zero-order chi connectivity index (χ0) is 25.3. The number of alkyl halides is 4. The SMILES string of the molecule is O=C(O)C1C=CC(C2C=CC(OCc3cc(C(F)(F)F)nn3-c3c(Cl)cccc3Cl)=CC2)=CC1F. The summed E-state index contributed by atoms with van der Waals surface area (Å²) in [5.41, 5.74) is -0.282. The second kappa shape index (κ2) is 9.91. The molecule has 1 aromatic carbocycles. The lowest BCUT2D eigenvalue weighted by atomic mass is 9.85. The largest absolute Gasteiger partial charge is 0.488 e. The van der Waals surface area contributed by atoms with Gasteiger partial charge >= 0.3 is 12.1 Å².